The standard InChI is InChI=1S/C14H22ClN7/c1-5-16-14(17-7-13-19-18-10-22(13)4)21(3)9-12-6-11(15)8-20(12)2/h6,8,10H,5,7,9H2,1-4H3,(H,16,17). The molecule has 2 rings (SSSR count). The molecule has 0 atom stereocenters. The fraction of sp³-hybridized carbons (Fsp3) is 0.500. The monoisotopic (exact) mass is 323 g/mol. The van der Waals surface area contributed by atoms with Crippen LogP contribution in [-0.4, -0.2) is 43.8 Å². The summed E-state index contributed by atoms with van der Waals surface area (Å²) in [7, 11) is 5.89. The number of nitrogens with zero attached hydrogens (tertiary/aromatic N) is 6. The number of halogens is 1. The SMILES string of the molecule is CCNC(=NCc1nncn1C)N(C)Cc1cc(Cl)cn1C. The van der Waals surface area contributed by atoms with Crippen LogP contribution in [0.15, 0.2) is 23.6 Å². The van der Waals surface area contributed by atoms with Gasteiger partial charge in [0.1, 0.15) is 12.9 Å². The van der Waals surface area contributed by atoms with Crippen molar-refractivity contribution in [3.05, 3.63) is 35.1 Å². The zero-order chi connectivity index (χ0) is 16.1. The second kappa shape index (κ2) is 7.31. The zero-order valence-corrected chi connectivity index (χ0v) is 14.2. The molecule has 2 heterocycles. The number of aryl methyl sites for hydroxylation is 2. The number of aromatic nitrogens is 4. The molecule has 120 valence electrons. The highest BCUT2D eigenvalue weighted by atomic mass is 35.5. The molecule has 0 saturated carbocycles. The Morgan fingerprint density at radius 3 is 2.73 bits per heavy atom. The second-order valence-electron chi connectivity index (χ2n) is 5.14. The van der Waals surface area contributed by atoms with Gasteiger partial charge in [0.05, 0.1) is 11.6 Å². The van der Waals surface area contributed by atoms with E-state index in [0.717, 1.165) is 29.0 Å². The summed E-state index contributed by atoms with van der Waals surface area (Å²) in [6.07, 6.45) is 3.57. The lowest BCUT2D eigenvalue weighted by molar-refractivity contribution is 0.461. The molecule has 0 radical (unpaired) electrons. The number of rotatable bonds is 5. The summed E-state index contributed by atoms with van der Waals surface area (Å²) in [5, 5.41) is 11.9. The van der Waals surface area contributed by atoms with Crippen LogP contribution < -0.4 is 5.32 Å². The van der Waals surface area contributed by atoms with Gasteiger partial charge in [0.15, 0.2) is 11.8 Å². The van der Waals surface area contributed by atoms with E-state index in [1.165, 1.54) is 0 Å². The van der Waals surface area contributed by atoms with Crippen molar-refractivity contribution >= 4 is 17.6 Å². The molecular formula is C14H22ClN7. The minimum Gasteiger partial charge on any atom is -0.357 e. The van der Waals surface area contributed by atoms with Crippen LogP contribution >= 0.6 is 11.6 Å². The Hall–Kier alpha value is -2.02. The van der Waals surface area contributed by atoms with Gasteiger partial charge in [0.25, 0.3) is 0 Å². The summed E-state index contributed by atoms with van der Waals surface area (Å²) in [5.74, 6) is 1.65. The molecule has 0 unspecified atom stereocenters. The Morgan fingerprint density at radius 1 is 1.41 bits per heavy atom. The van der Waals surface area contributed by atoms with Crippen LogP contribution in [0.1, 0.15) is 18.4 Å². The Bertz CT molecular complexity index is 643. The maximum Gasteiger partial charge on any atom is 0.194 e. The van der Waals surface area contributed by atoms with E-state index < -0.39 is 0 Å². The molecule has 0 aliphatic heterocycles. The molecule has 0 saturated heterocycles. The Labute approximate surface area is 135 Å². The van der Waals surface area contributed by atoms with Crippen molar-refractivity contribution in [1.29, 1.82) is 0 Å². The first kappa shape index (κ1) is 16.4. The predicted octanol–water partition coefficient (Wildman–Crippen LogP) is 1.40. The lowest BCUT2D eigenvalue weighted by atomic mass is 10.4. The van der Waals surface area contributed by atoms with Gasteiger partial charge in [-0.1, -0.05) is 11.6 Å². The third kappa shape index (κ3) is 4.00. The molecule has 0 fully saturated rings. The highest BCUT2D eigenvalue weighted by Crippen LogP contribution is 2.14. The van der Waals surface area contributed by atoms with Crippen molar-refractivity contribution < 1.29 is 0 Å². The zero-order valence-electron chi connectivity index (χ0n) is 13.4. The van der Waals surface area contributed by atoms with E-state index in [0.29, 0.717) is 13.1 Å². The summed E-state index contributed by atoms with van der Waals surface area (Å²) >= 11 is 6.03. The van der Waals surface area contributed by atoms with Crippen molar-refractivity contribution in [3.8, 4) is 0 Å². The largest absolute Gasteiger partial charge is 0.357 e. The van der Waals surface area contributed by atoms with Crippen LogP contribution in [0.3, 0.4) is 0 Å². The number of nitrogens with one attached hydrogen (secondary N) is 1. The summed E-state index contributed by atoms with van der Waals surface area (Å²) < 4.78 is 3.88. The first-order valence-corrected chi connectivity index (χ1v) is 7.52. The van der Waals surface area contributed by atoms with Crippen molar-refractivity contribution in [2.75, 3.05) is 13.6 Å². The minimum atomic E-state index is 0.483. The molecule has 7 nitrogen and oxygen atoms in total. The first-order chi connectivity index (χ1) is 10.5. The van der Waals surface area contributed by atoms with E-state index in [1.54, 1.807) is 6.33 Å². The Kier molecular flexibility index (Phi) is 5.43. The summed E-state index contributed by atoms with van der Waals surface area (Å²) in [5.41, 5.74) is 1.12. The molecule has 0 aliphatic carbocycles. The van der Waals surface area contributed by atoms with Gasteiger partial charge in [-0.3, -0.25) is 0 Å². The normalized spacial score (nSPS) is 11.8. The molecular weight excluding hydrogens is 302 g/mol. The van der Waals surface area contributed by atoms with Crippen molar-refractivity contribution in [3.63, 3.8) is 0 Å². The molecule has 0 amide bonds. The summed E-state index contributed by atoms with van der Waals surface area (Å²) in [6.45, 7) is 4.05. The Morgan fingerprint density at radius 2 is 2.18 bits per heavy atom. The molecule has 0 bridgehead atoms. The number of hydrogen-bond donors (Lipinski definition) is 1. The maximum absolute atomic E-state index is 6.03. The van der Waals surface area contributed by atoms with Gasteiger partial charge in [-0.05, 0) is 13.0 Å². The van der Waals surface area contributed by atoms with Crippen LogP contribution in [0.4, 0.5) is 0 Å². The average molecular weight is 324 g/mol. The van der Waals surface area contributed by atoms with Gasteiger partial charge >= 0.3 is 0 Å². The van der Waals surface area contributed by atoms with Gasteiger partial charge in [0, 0.05) is 39.6 Å². The van der Waals surface area contributed by atoms with E-state index in [1.807, 2.05) is 49.5 Å². The third-order valence-corrected chi connectivity index (χ3v) is 3.55. The minimum absolute atomic E-state index is 0.483. The van der Waals surface area contributed by atoms with E-state index in [2.05, 4.69) is 25.4 Å². The number of hydrogen-bond acceptors (Lipinski definition) is 3. The van der Waals surface area contributed by atoms with Crippen molar-refractivity contribution in [1.82, 2.24) is 29.5 Å². The lowest BCUT2D eigenvalue weighted by Crippen LogP contribution is -2.38. The predicted molar refractivity (Wildman–Crippen MR) is 87.7 cm³/mol. The highest BCUT2D eigenvalue weighted by Gasteiger charge is 2.10. The van der Waals surface area contributed by atoms with Crippen LogP contribution in [0, 0.1) is 0 Å². The van der Waals surface area contributed by atoms with E-state index in [4.69, 9.17) is 11.6 Å². The average Bonchev–Trinajstić information content (AvgIpc) is 3.00. The van der Waals surface area contributed by atoms with Crippen LogP contribution in [0.5, 0.6) is 0 Å². The molecule has 2 aromatic rings. The van der Waals surface area contributed by atoms with Crippen LogP contribution in [0.2, 0.25) is 5.02 Å². The fourth-order valence-electron chi connectivity index (χ4n) is 2.11. The van der Waals surface area contributed by atoms with Crippen LogP contribution in [0.25, 0.3) is 0 Å². The van der Waals surface area contributed by atoms with Gasteiger partial charge in [-0.25, -0.2) is 4.99 Å². The van der Waals surface area contributed by atoms with Crippen LogP contribution in [-0.2, 0) is 27.2 Å². The van der Waals surface area contributed by atoms with Gasteiger partial charge < -0.3 is 19.4 Å². The molecule has 0 aliphatic rings. The van der Waals surface area contributed by atoms with Gasteiger partial charge in [-0.2, -0.15) is 0 Å². The molecule has 0 spiro atoms. The molecule has 1 N–H and O–H groups in total. The topological polar surface area (TPSA) is 63.3 Å². The van der Waals surface area contributed by atoms with E-state index in [-0.39, 0.29) is 0 Å². The highest BCUT2D eigenvalue weighted by molar-refractivity contribution is 6.30. The Balaban J connectivity index is 2.09. The quantitative estimate of drug-likeness (QED) is 0.667. The molecule has 2 aromatic heterocycles. The van der Waals surface area contributed by atoms with E-state index >= 15 is 0 Å². The van der Waals surface area contributed by atoms with Gasteiger partial charge in [-0.15, -0.1) is 10.2 Å². The van der Waals surface area contributed by atoms with Gasteiger partial charge in [0.2, 0.25) is 0 Å². The molecule has 0 aromatic carbocycles. The lowest BCUT2D eigenvalue weighted by Gasteiger charge is -2.22. The number of aliphatic imine (C=N–C) groups is 1. The van der Waals surface area contributed by atoms with Crippen molar-refractivity contribution in [2.24, 2.45) is 19.1 Å². The van der Waals surface area contributed by atoms with E-state index in [9.17, 15) is 0 Å². The third-order valence-electron chi connectivity index (χ3n) is 3.35. The summed E-state index contributed by atoms with van der Waals surface area (Å²) in [6, 6.07) is 1.96. The smallest absolute Gasteiger partial charge is 0.194 e. The molecule has 8 heteroatoms. The summed E-state index contributed by atoms with van der Waals surface area (Å²) in [4.78, 5) is 6.68. The molecule has 22 heavy (non-hydrogen) atoms. The second-order valence-corrected chi connectivity index (χ2v) is 5.58. The fourth-order valence-corrected chi connectivity index (χ4v) is 2.38. The van der Waals surface area contributed by atoms with Crippen molar-refractivity contribution in [2.45, 2.75) is 20.0 Å². The number of guanidine groups is 1. The first-order valence-electron chi connectivity index (χ1n) is 7.14. The maximum atomic E-state index is 6.03.